The fourth-order valence-electron chi connectivity index (χ4n) is 3.06. The molecule has 150 valence electrons. The lowest BCUT2D eigenvalue weighted by molar-refractivity contribution is -0.127. The molecule has 0 unspecified atom stereocenters. The van der Waals surface area contributed by atoms with Crippen molar-refractivity contribution in [3.8, 4) is 0 Å². The van der Waals surface area contributed by atoms with Crippen molar-refractivity contribution in [2.75, 3.05) is 11.4 Å². The van der Waals surface area contributed by atoms with Crippen LogP contribution in [-0.4, -0.2) is 27.6 Å². The molecule has 7 heteroatoms. The van der Waals surface area contributed by atoms with Crippen LogP contribution in [0.4, 0.5) is 5.69 Å². The van der Waals surface area contributed by atoms with Gasteiger partial charge in [0.2, 0.25) is 5.91 Å². The first-order valence-electron chi connectivity index (χ1n) is 9.30. The summed E-state index contributed by atoms with van der Waals surface area (Å²) in [6, 6.07) is 23.1. The molecule has 0 aliphatic carbocycles. The molecule has 2 amide bonds. The van der Waals surface area contributed by atoms with Crippen LogP contribution in [0.5, 0.6) is 0 Å². The Labute approximate surface area is 188 Å². The second-order valence-electron chi connectivity index (χ2n) is 6.58. The third-order valence-corrected chi connectivity index (χ3v) is 6.73. The van der Waals surface area contributed by atoms with Gasteiger partial charge in [-0.05, 0) is 35.2 Å². The average Bonchev–Trinajstić information content (AvgIpc) is 3.37. The molecule has 1 aliphatic rings. The molecule has 0 bridgehead atoms. The van der Waals surface area contributed by atoms with Crippen molar-refractivity contribution in [2.45, 2.75) is 6.54 Å². The number of amides is 2. The number of thiophene rings is 1. The highest BCUT2D eigenvalue weighted by molar-refractivity contribution is 8.26. The number of para-hydroxylation sites is 1. The largest absolute Gasteiger partial charge is 0.306 e. The summed E-state index contributed by atoms with van der Waals surface area (Å²) < 4.78 is 0.406. The van der Waals surface area contributed by atoms with Crippen LogP contribution < -0.4 is 4.90 Å². The quantitative estimate of drug-likeness (QED) is 0.383. The van der Waals surface area contributed by atoms with Gasteiger partial charge in [0.1, 0.15) is 10.9 Å². The molecule has 4 rings (SSSR count). The van der Waals surface area contributed by atoms with Gasteiger partial charge in [0, 0.05) is 10.6 Å². The number of benzene rings is 2. The molecular formula is C23H18N2O2S3. The molecular weight excluding hydrogens is 432 g/mol. The van der Waals surface area contributed by atoms with Gasteiger partial charge in [-0.15, -0.1) is 11.3 Å². The molecule has 30 heavy (non-hydrogen) atoms. The van der Waals surface area contributed by atoms with E-state index in [0.717, 1.165) is 16.1 Å². The number of carbonyl (C=O) groups is 2. The van der Waals surface area contributed by atoms with Crippen molar-refractivity contribution in [2.24, 2.45) is 0 Å². The zero-order valence-corrected chi connectivity index (χ0v) is 18.4. The molecule has 1 aromatic heterocycles. The molecule has 1 fully saturated rings. The molecule has 0 saturated carbocycles. The minimum Gasteiger partial charge on any atom is -0.306 e. The molecule has 2 heterocycles. The van der Waals surface area contributed by atoms with E-state index in [2.05, 4.69) is 0 Å². The fraction of sp³-hybridized carbons (Fsp3) is 0.0870. The van der Waals surface area contributed by atoms with Crippen molar-refractivity contribution in [3.63, 3.8) is 0 Å². The number of hydrogen-bond donors (Lipinski definition) is 0. The van der Waals surface area contributed by atoms with Gasteiger partial charge >= 0.3 is 0 Å². The highest BCUT2D eigenvalue weighted by Crippen LogP contribution is 2.33. The van der Waals surface area contributed by atoms with Crippen LogP contribution in [0.2, 0.25) is 0 Å². The lowest BCUT2D eigenvalue weighted by Crippen LogP contribution is -2.42. The number of hydrogen-bond acceptors (Lipinski definition) is 5. The normalized spacial score (nSPS) is 15.1. The third-order valence-electron chi connectivity index (χ3n) is 4.54. The van der Waals surface area contributed by atoms with Gasteiger partial charge in [-0.3, -0.25) is 14.5 Å². The maximum atomic E-state index is 13.3. The minimum atomic E-state index is -0.223. The van der Waals surface area contributed by atoms with Crippen LogP contribution in [0.25, 0.3) is 6.08 Å². The van der Waals surface area contributed by atoms with E-state index < -0.39 is 0 Å². The van der Waals surface area contributed by atoms with E-state index in [1.807, 2.05) is 84.3 Å². The molecule has 3 aromatic rings. The van der Waals surface area contributed by atoms with Crippen molar-refractivity contribution >= 4 is 63.2 Å². The Hall–Kier alpha value is -2.74. The molecule has 0 radical (unpaired) electrons. The summed E-state index contributed by atoms with van der Waals surface area (Å²) >= 11 is 8.19. The van der Waals surface area contributed by atoms with Crippen molar-refractivity contribution in [3.05, 3.63) is 93.5 Å². The van der Waals surface area contributed by atoms with Crippen LogP contribution in [0.1, 0.15) is 10.4 Å². The molecule has 0 N–H and O–H groups in total. The van der Waals surface area contributed by atoms with E-state index in [9.17, 15) is 9.59 Å². The van der Waals surface area contributed by atoms with Gasteiger partial charge in [-0.25, -0.2) is 0 Å². The molecule has 1 aliphatic heterocycles. The van der Waals surface area contributed by atoms with E-state index in [4.69, 9.17) is 12.2 Å². The van der Waals surface area contributed by atoms with E-state index in [-0.39, 0.29) is 18.4 Å². The Kier molecular flexibility index (Phi) is 6.42. The third kappa shape index (κ3) is 4.70. The zero-order chi connectivity index (χ0) is 20.9. The Morgan fingerprint density at radius 3 is 2.37 bits per heavy atom. The van der Waals surface area contributed by atoms with E-state index in [1.165, 1.54) is 16.7 Å². The lowest BCUT2D eigenvalue weighted by Gasteiger charge is -2.25. The summed E-state index contributed by atoms with van der Waals surface area (Å²) in [7, 11) is 0. The standard InChI is InChI=1S/C23H18N2O2S3/c26-21(16-25-22(27)20(30-23(25)28)14-19-12-7-13-29-19)24(18-10-5-2-6-11-18)15-17-8-3-1-4-9-17/h1-14H,15-16H2/b20-14+. The van der Waals surface area contributed by atoms with Gasteiger partial charge in [0.05, 0.1) is 11.4 Å². The Morgan fingerprint density at radius 2 is 1.70 bits per heavy atom. The van der Waals surface area contributed by atoms with E-state index in [0.29, 0.717) is 15.8 Å². The number of nitrogens with zero attached hydrogens (tertiary/aromatic N) is 2. The summed E-state index contributed by atoms with van der Waals surface area (Å²) in [6.07, 6.45) is 1.83. The van der Waals surface area contributed by atoms with E-state index >= 15 is 0 Å². The first-order chi connectivity index (χ1) is 14.6. The smallest absolute Gasteiger partial charge is 0.266 e. The second-order valence-corrected chi connectivity index (χ2v) is 9.24. The Bertz CT molecular complexity index is 1080. The highest BCUT2D eigenvalue weighted by Gasteiger charge is 2.34. The van der Waals surface area contributed by atoms with Gasteiger partial charge in [-0.1, -0.05) is 78.6 Å². The maximum absolute atomic E-state index is 13.3. The van der Waals surface area contributed by atoms with Crippen molar-refractivity contribution < 1.29 is 9.59 Å². The summed E-state index contributed by atoms with van der Waals surface area (Å²) in [4.78, 5) is 30.8. The first kappa shape index (κ1) is 20.5. The summed E-state index contributed by atoms with van der Waals surface area (Å²) in [5, 5.41) is 1.96. The van der Waals surface area contributed by atoms with Gasteiger partial charge in [0.15, 0.2) is 0 Å². The molecule has 1 saturated heterocycles. The average molecular weight is 451 g/mol. The molecule has 4 nitrogen and oxygen atoms in total. The molecule has 0 atom stereocenters. The maximum Gasteiger partial charge on any atom is 0.266 e. The topological polar surface area (TPSA) is 40.6 Å². The van der Waals surface area contributed by atoms with Gasteiger partial charge in [-0.2, -0.15) is 0 Å². The Morgan fingerprint density at radius 1 is 1.00 bits per heavy atom. The summed E-state index contributed by atoms with van der Waals surface area (Å²) in [6.45, 7) is 0.331. The van der Waals surface area contributed by atoms with Crippen molar-refractivity contribution in [1.82, 2.24) is 4.90 Å². The van der Waals surface area contributed by atoms with E-state index in [1.54, 1.807) is 16.2 Å². The monoisotopic (exact) mass is 450 g/mol. The fourth-order valence-corrected chi connectivity index (χ4v) is 5.03. The first-order valence-corrected chi connectivity index (χ1v) is 11.4. The van der Waals surface area contributed by atoms with Crippen LogP contribution in [0.3, 0.4) is 0 Å². The summed E-state index contributed by atoms with van der Waals surface area (Å²) in [5.74, 6) is -0.404. The minimum absolute atomic E-state index is 0.0891. The highest BCUT2D eigenvalue weighted by atomic mass is 32.2. The van der Waals surface area contributed by atoms with Crippen LogP contribution >= 0.6 is 35.3 Å². The molecule has 2 aromatic carbocycles. The van der Waals surface area contributed by atoms with Crippen LogP contribution in [0.15, 0.2) is 83.1 Å². The zero-order valence-electron chi connectivity index (χ0n) is 15.9. The number of carbonyl (C=O) groups excluding carboxylic acids is 2. The SMILES string of the molecule is O=C1/C(=C\c2cccs2)SC(=S)N1CC(=O)N(Cc1ccccc1)c1ccccc1. The second kappa shape index (κ2) is 9.38. The molecule has 0 spiro atoms. The number of thioether (sulfide) groups is 1. The number of anilines is 1. The number of thiocarbonyl (C=S) groups is 1. The van der Waals surface area contributed by atoms with Gasteiger partial charge < -0.3 is 4.90 Å². The summed E-state index contributed by atoms with van der Waals surface area (Å²) in [5.41, 5.74) is 1.80. The predicted octanol–water partition coefficient (Wildman–Crippen LogP) is 5.18. The number of rotatable bonds is 6. The lowest BCUT2D eigenvalue weighted by atomic mass is 10.2. The Balaban J connectivity index is 1.55. The van der Waals surface area contributed by atoms with Crippen LogP contribution in [-0.2, 0) is 16.1 Å². The van der Waals surface area contributed by atoms with Crippen LogP contribution in [0, 0.1) is 0 Å². The predicted molar refractivity (Wildman–Crippen MR) is 128 cm³/mol. The van der Waals surface area contributed by atoms with Gasteiger partial charge in [0.25, 0.3) is 5.91 Å². The van der Waals surface area contributed by atoms with Crippen molar-refractivity contribution in [1.29, 1.82) is 0 Å².